The molecule has 0 radical (unpaired) electrons. The van der Waals surface area contributed by atoms with Crippen LogP contribution in [-0.2, 0) is 0 Å². The Morgan fingerprint density at radius 1 is 1.47 bits per heavy atom. The van der Waals surface area contributed by atoms with Gasteiger partial charge in [-0.15, -0.1) is 0 Å². The van der Waals surface area contributed by atoms with E-state index in [1.165, 1.54) is 0 Å². The zero-order chi connectivity index (χ0) is 11.8. The molecule has 0 aliphatic heterocycles. The fraction of sp³-hybridized carbons (Fsp3) is 0.333. The third kappa shape index (κ3) is 2.08. The lowest BCUT2D eigenvalue weighted by atomic mass is 10.3. The van der Waals surface area contributed by atoms with E-state index in [1.54, 1.807) is 13.0 Å². The van der Waals surface area contributed by atoms with Gasteiger partial charge in [0.1, 0.15) is 5.52 Å². The summed E-state index contributed by atoms with van der Waals surface area (Å²) < 4.78 is 5.47. The van der Waals surface area contributed by atoms with Gasteiger partial charge in [0.15, 0.2) is 11.5 Å². The first-order chi connectivity index (χ1) is 8.22. The number of urea groups is 1. The zero-order valence-electron chi connectivity index (χ0n) is 9.49. The number of carbonyl (C=O) groups excluding carboxylic acids is 1. The molecule has 2 aromatic rings. The highest BCUT2D eigenvalue weighted by atomic mass is 16.3. The topological polar surface area (TPSA) is 67.2 Å². The molecule has 2 N–H and O–H groups in total. The summed E-state index contributed by atoms with van der Waals surface area (Å²) in [5, 5.41) is 5.65. The van der Waals surface area contributed by atoms with Crippen molar-refractivity contribution in [1.82, 2.24) is 10.3 Å². The van der Waals surface area contributed by atoms with E-state index in [0.717, 1.165) is 18.4 Å². The average Bonchev–Trinajstić information content (AvgIpc) is 2.98. The van der Waals surface area contributed by atoms with Crippen molar-refractivity contribution in [2.75, 3.05) is 5.32 Å². The second kappa shape index (κ2) is 3.76. The Labute approximate surface area is 98.2 Å². The van der Waals surface area contributed by atoms with E-state index in [-0.39, 0.29) is 6.03 Å². The lowest BCUT2D eigenvalue weighted by Gasteiger charge is -2.06. The standard InChI is InChI=1S/C12H13N3O2/c1-7-13-9-3-2-4-10(11(9)17-7)15-12(16)14-8-5-6-8/h2-4,8H,5-6H2,1H3,(H2,14,15,16). The maximum Gasteiger partial charge on any atom is 0.319 e. The molecule has 88 valence electrons. The van der Waals surface area contributed by atoms with Crippen LogP contribution in [-0.4, -0.2) is 17.1 Å². The molecule has 1 aliphatic rings. The summed E-state index contributed by atoms with van der Waals surface area (Å²) in [6.07, 6.45) is 2.14. The number of aryl methyl sites for hydroxylation is 1. The first kappa shape index (κ1) is 10.1. The van der Waals surface area contributed by atoms with Crippen LogP contribution >= 0.6 is 0 Å². The molecule has 1 saturated carbocycles. The van der Waals surface area contributed by atoms with Crippen LogP contribution in [0.5, 0.6) is 0 Å². The SMILES string of the molecule is Cc1nc2cccc(NC(=O)NC3CC3)c2o1. The van der Waals surface area contributed by atoms with Gasteiger partial charge in [-0.3, -0.25) is 0 Å². The van der Waals surface area contributed by atoms with Crippen LogP contribution in [0.3, 0.4) is 0 Å². The lowest BCUT2D eigenvalue weighted by molar-refractivity contribution is 0.251. The molecule has 1 aromatic heterocycles. The van der Waals surface area contributed by atoms with Gasteiger partial charge >= 0.3 is 6.03 Å². The Kier molecular flexibility index (Phi) is 2.24. The van der Waals surface area contributed by atoms with Gasteiger partial charge in [0, 0.05) is 13.0 Å². The maximum absolute atomic E-state index is 11.6. The van der Waals surface area contributed by atoms with Gasteiger partial charge in [0.05, 0.1) is 5.69 Å². The molecule has 0 unspecified atom stereocenters. The molecule has 1 heterocycles. The molecule has 1 aromatic carbocycles. The average molecular weight is 231 g/mol. The van der Waals surface area contributed by atoms with E-state index in [0.29, 0.717) is 23.2 Å². The van der Waals surface area contributed by atoms with Crippen molar-refractivity contribution >= 4 is 22.8 Å². The minimum atomic E-state index is -0.186. The summed E-state index contributed by atoms with van der Waals surface area (Å²) in [5.74, 6) is 0.594. The number of oxazole rings is 1. The smallest absolute Gasteiger partial charge is 0.319 e. The number of nitrogens with one attached hydrogen (secondary N) is 2. The molecule has 5 heteroatoms. The van der Waals surface area contributed by atoms with Crippen molar-refractivity contribution in [3.8, 4) is 0 Å². The van der Waals surface area contributed by atoms with E-state index in [9.17, 15) is 4.79 Å². The monoisotopic (exact) mass is 231 g/mol. The predicted octanol–water partition coefficient (Wildman–Crippen LogP) is 2.42. The van der Waals surface area contributed by atoms with Gasteiger partial charge < -0.3 is 15.1 Å². The van der Waals surface area contributed by atoms with Crippen LogP contribution < -0.4 is 10.6 Å². The molecule has 1 fully saturated rings. The molecule has 1 aliphatic carbocycles. The second-order valence-corrected chi connectivity index (χ2v) is 4.26. The number of nitrogens with zero attached hydrogens (tertiary/aromatic N) is 1. The van der Waals surface area contributed by atoms with Gasteiger partial charge in [-0.25, -0.2) is 9.78 Å². The summed E-state index contributed by atoms with van der Waals surface area (Å²) in [4.78, 5) is 15.8. The van der Waals surface area contributed by atoms with Crippen LogP contribution in [0.2, 0.25) is 0 Å². The number of hydrogen-bond acceptors (Lipinski definition) is 3. The summed E-state index contributed by atoms with van der Waals surface area (Å²) in [6, 6.07) is 5.66. The highest BCUT2D eigenvalue weighted by molar-refractivity contribution is 5.97. The summed E-state index contributed by atoms with van der Waals surface area (Å²) in [5.41, 5.74) is 2.03. The fourth-order valence-electron chi connectivity index (χ4n) is 1.73. The molecule has 17 heavy (non-hydrogen) atoms. The number of anilines is 1. The predicted molar refractivity (Wildman–Crippen MR) is 63.9 cm³/mol. The molecule has 2 amide bonds. The van der Waals surface area contributed by atoms with E-state index in [1.807, 2.05) is 12.1 Å². The number of benzene rings is 1. The highest BCUT2D eigenvalue weighted by Gasteiger charge is 2.23. The minimum Gasteiger partial charge on any atom is -0.439 e. The van der Waals surface area contributed by atoms with Crippen LogP contribution in [0.1, 0.15) is 18.7 Å². The van der Waals surface area contributed by atoms with Crippen molar-refractivity contribution in [2.45, 2.75) is 25.8 Å². The zero-order valence-corrected chi connectivity index (χ0v) is 9.49. The van der Waals surface area contributed by atoms with E-state index in [4.69, 9.17) is 4.42 Å². The number of para-hydroxylation sites is 1. The largest absolute Gasteiger partial charge is 0.439 e. The third-order valence-electron chi connectivity index (χ3n) is 2.68. The molecule has 0 atom stereocenters. The number of hydrogen-bond donors (Lipinski definition) is 2. The molecule has 0 spiro atoms. The Morgan fingerprint density at radius 2 is 2.29 bits per heavy atom. The molecular weight excluding hydrogens is 218 g/mol. The molecule has 0 bridgehead atoms. The first-order valence-corrected chi connectivity index (χ1v) is 5.66. The van der Waals surface area contributed by atoms with Crippen LogP contribution in [0.25, 0.3) is 11.1 Å². The van der Waals surface area contributed by atoms with Gasteiger partial charge in [-0.05, 0) is 25.0 Å². The number of amides is 2. The van der Waals surface area contributed by atoms with Gasteiger partial charge in [0.2, 0.25) is 0 Å². The summed E-state index contributed by atoms with van der Waals surface area (Å²) >= 11 is 0. The molecule has 0 saturated heterocycles. The lowest BCUT2D eigenvalue weighted by Crippen LogP contribution is -2.30. The summed E-state index contributed by atoms with van der Waals surface area (Å²) in [6.45, 7) is 1.79. The van der Waals surface area contributed by atoms with E-state index in [2.05, 4.69) is 15.6 Å². The Morgan fingerprint density at radius 3 is 3.06 bits per heavy atom. The van der Waals surface area contributed by atoms with Crippen molar-refractivity contribution in [1.29, 1.82) is 0 Å². The van der Waals surface area contributed by atoms with Crippen molar-refractivity contribution in [3.63, 3.8) is 0 Å². The van der Waals surface area contributed by atoms with Gasteiger partial charge in [0.25, 0.3) is 0 Å². The summed E-state index contributed by atoms with van der Waals surface area (Å²) in [7, 11) is 0. The molecule has 3 rings (SSSR count). The van der Waals surface area contributed by atoms with Crippen LogP contribution in [0, 0.1) is 6.92 Å². The molecular formula is C12H13N3O2. The van der Waals surface area contributed by atoms with Gasteiger partial charge in [-0.2, -0.15) is 0 Å². The van der Waals surface area contributed by atoms with Crippen LogP contribution in [0.4, 0.5) is 10.5 Å². The normalized spacial score (nSPS) is 14.9. The quantitative estimate of drug-likeness (QED) is 0.834. The minimum absolute atomic E-state index is 0.186. The Balaban J connectivity index is 1.85. The first-order valence-electron chi connectivity index (χ1n) is 5.66. The maximum atomic E-state index is 11.6. The van der Waals surface area contributed by atoms with Crippen molar-refractivity contribution in [2.24, 2.45) is 0 Å². The van der Waals surface area contributed by atoms with Crippen molar-refractivity contribution < 1.29 is 9.21 Å². The number of fused-ring (bicyclic) bond motifs is 1. The number of carbonyl (C=O) groups is 1. The highest BCUT2D eigenvalue weighted by Crippen LogP contribution is 2.24. The van der Waals surface area contributed by atoms with E-state index < -0.39 is 0 Å². The number of aromatic nitrogens is 1. The van der Waals surface area contributed by atoms with Crippen LogP contribution in [0.15, 0.2) is 22.6 Å². The van der Waals surface area contributed by atoms with Crippen molar-refractivity contribution in [3.05, 3.63) is 24.1 Å². The number of rotatable bonds is 2. The fourth-order valence-corrected chi connectivity index (χ4v) is 1.73. The second-order valence-electron chi connectivity index (χ2n) is 4.26. The van der Waals surface area contributed by atoms with E-state index >= 15 is 0 Å². The Hall–Kier alpha value is -2.04. The molecule has 5 nitrogen and oxygen atoms in total. The Bertz CT molecular complexity index is 572. The van der Waals surface area contributed by atoms with Gasteiger partial charge in [-0.1, -0.05) is 6.07 Å². The third-order valence-corrected chi connectivity index (χ3v) is 2.68.